The highest BCUT2D eigenvalue weighted by Crippen LogP contribution is 2.26. The second-order valence-electron chi connectivity index (χ2n) is 4.87. The molecular weight excluding hydrogens is 338 g/mol. The van der Waals surface area contributed by atoms with Crippen LogP contribution in [-0.2, 0) is 0 Å². The maximum absolute atomic E-state index is 12.8. The van der Waals surface area contributed by atoms with Crippen molar-refractivity contribution >= 4 is 23.2 Å². The summed E-state index contributed by atoms with van der Waals surface area (Å²) in [6.45, 7) is 0.000120. The molecule has 2 aromatic carbocycles. The van der Waals surface area contributed by atoms with Crippen LogP contribution in [0.25, 0.3) is 0 Å². The summed E-state index contributed by atoms with van der Waals surface area (Å²) in [6, 6.07) is 9.83. The Morgan fingerprint density at radius 2 is 1.96 bits per heavy atom. The van der Waals surface area contributed by atoms with Crippen molar-refractivity contribution in [2.75, 3.05) is 18.5 Å². The SMILES string of the molecule is NC/C(=C\F)COc1ccc(C(=O)Nc2ccc(F)cc2)cc1Cl. The predicted molar refractivity (Wildman–Crippen MR) is 89.5 cm³/mol. The van der Waals surface area contributed by atoms with Crippen LogP contribution in [0, 0.1) is 5.82 Å². The average Bonchev–Trinajstić information content (AvgIpc) is 2.59. The van der Waals surface area contributed by atoms with Gasteiger partial charge in [-0.2, -0.15) is 0 Å². The molecular formula is C17H15ClF2N2O2. The Labute approximate surface area is 142 Å². The number of nitrogens with two attached hydrogens (primary N) is 1. The molecule has 0 unspecified atom stereocenters. The van der Waals surface area contributed by atoms with E-state index in [-0.39, 0.29) is 23.7 Å². The van der Waals surface area contributed by atoms with Crippen LogP contribution >= 0.6 is 11.6 Å². The highest BCUT2D eigenvalue weighted by molar-refractivity contribution is 6.32. The Kier molecular flexibility index (Phi) is 6.28. The van der Waals surface area contributed by atoms with E-state index in [0.717, 1.165) is 0 Å². The van der Waals surface area contributed by atoms with Crippen LogP contribution in [0.2, 0.25) is 5.02 Å². The lowest BCUT2D eigenvalue weighted by Gasteiger charge is -2.10. The van der Waals surface area contributed by atoms with Crippen LogP contribution in [0.1, 0.15) is 10.4 Å². The lowest BCUT2D eigenvalue weighted by atomic mass is 10.2. The van der Waals surface area contributed by atoms with Gasteiger partial charge in [-0.15, -0.1) is 0 Å². The van der Waals surface area contributed by atoms with Crippen molar-refractivity contribution < 1.29 is 18.3 Å². The summed E-state index contributed by atoms with van der Waals surface area (Å²) in [5, 5.41) is 2.83. The van der Waals surface area contributed by atoms with E-state index in [1.165, 1.54) is 42.5 Å². The molecule has 0 saturated carbocycles. The number of halogens is 3. The van der Waals surface area contributed by atoms with Gasteiger partial charge >= 0.3 is 0 Å². The minimum absolute atomic E-state index is 0.0339. The summed E-state index contributed by atoms with van der Waals surface area (Å²) < 4.78 is 30.6. The van der Waals surface area contributed by atoms with Gasteiger partial charge in [0.05, 0.1) is 11.4 Å². The van der Waals surface area contributed by atoms with E-state index in [0.29, 0.717) is 23.3 Å². The zero-order chi connectivity index (χ0) is 17.5. The number of ether oxygens (including phenoxy) is 1. The first kappa shape index (κ1) is 17.9. The van der Waals surface area contributed by atoms with E-state index in [4.69, 9.17) is 22.1 Å². The van der Waals surface area contributed by atoms with Crippen molar-refractivity contribution in [2.45, 2.75) is 0 Å². The van der Waals surface area contributed by atoms with Crippen molar-refractivity contribution in [3.63, 3.8) is 0 Å². The second-order valence-corrected chi connectivity index (χ2v) is 5.27. The van der Waals surface area contributed by atoms with Gasteiger partial charge in [0.15, 0.2) is 0 Å². The number of rotatable bonds is 6. The van der Waals surface area contributed by atoms with Gasteiger partial charge < -0.3 is 15.8 Å². The Balaban J connectivity index is 2.05. The van der Waals surface area contributed by atoms with Gasteiger partial charge in [-0.3, -0.25) is 4.79 Å². The van der Waals surface area contributed by atoms with Crippen LogP contribution in [0.3, 0.4) is 0 Å². The number of benzene rings is 2. The second kappa shape index (κ2) is 8.42. The smallest absolute Gasteiger partial charge is 0.255 e. The van der Waals surface area contributed by atoms with E-state index in [2.05, 4.69) is 5.32 Å². The van der Waals surface area contributed by atoms with Gasteiger partial charge in [-0.25, -0.2) is 8.78 Å². The van der Waals surface area contributed by atoms with Crippen molar-refractivity contribution in [1.82, 2.24) is 0 Å². The topological polar surface area (TPSA) is 64.3 Å². The maximum atomic E-state index is 12.8. The molecule has 3 N–H and O–H groups in total. The van der Waals surface area contributed by atoms with E-state index < -0.39 is 11.7 Å². The van der Waals surface area contributed by atoms with Crippen LogP contribution in [0.4, 0.5) is 14.5 Å². The largest absolute Gasteiger partial charge is 0.488 e. The molecule has 0 fully saturated rings. The van der Waals surface area contributed by atoms with Gasteiger partial charge in [-0.1, -0.05) is 11.6 Å². The summed E-state index contributed by atoms with van der Waals surface area (Å²) in [5.74, 6) is -0.485. The molecule has 0 bridgehead atoms. The number of nitrogens with one attached hydrogen (secondary N) is 1. The molecule has 0 radical (unpaired) electrons. The standard InChI is InChI=1S/C17H15ClF2N2O2/c18-15-7-12(1-6-16(15)24-10-11(8-19)9-21)17(23)22-14-4-2-13(20)3-5-14/h1-8H,9-10,21H2,(H,22,23)/b11-8+. The highest BCUT2D eigenvalue weighted by Gasteiger charge is 2.10. The quantitative estimate of drug-likeness (QED) is 0.828. The minimum atomic E-state index is -0.402. The lowest BCUT2D eigenvalue weighted by molar-refractivity contribution is 0.102. The van der Waals surface area contributed by atoms with Crippen LogP contribution in [-0.4, -0.2) is 19.1 Å². The van der Waals surface area contributed by atoms with Gasteiger partial charge in [0.25, 0.3) is 5.91 Å². The third kappa shape index (κ3) is 4.78. The molecule has 0 saturated heterocycles. The monoisotopic (exact) mass is 352 g/mol. The molecule has 0 aromatic heterocycles. The zero-order valence-electron chi connectivity index (χ0n) is 12.6. The highest BCUT2D eigenvalue weighted by atomic mass is 35.5. The fourth-order valence-electron chi connectivity index (χ4n) is 1.80. The minimum Gasteiger partial charge on any atom is -0.488 e. The molecule has 0 aliphatic heterocycles. The van der Waals surface area contributed by atoms with E-state index in [1.54, 1.807) is 0 Å². The molecule has 24 heavy (non-hydrogen) atoms. The molecule has 1 amide bonds. The zero-order valence-corrected chi connectivity index (χ0v) is 13.3. The van der Waals surface area contributed by atoms with Crippen molar-refractivity contribution in [3.8, 4) is 5.75 Å². The number of amides is 1. The number of anilines is 1. The fraction of sp³-hybridized carbons (Fsp3) is 0.118. The summed E-state index contributed by atoms with van der Waals surface area (Å²) in [4.78, 5) is 12.1. The van der Waals surface area contributed by atoms with Crippen LogP contribution < -0.4 is 15.8 Å². The maximum Gasteiger partial charge on any atom is 0.255 e. The molecule has 0 aliphatic rings. The molecule has 126 valence electrons. The molecule has 2 aromatic rings. The van der Waals surface area contributed by atoms with Crippen molar-refractivity contribution in [3.05, 3.63) is 70.8 Å². The molecule has 2 rings (SSSR count). The molecule has 0 heterocycles. The Morgan fingerprint density at radius 1 is 1.25 bits per heavy atom. The van der Waals surface area contributed by atoms with Crippen LogP contribution in [0.5, 0.6) is 5.75 Å². The van der Waals surface area contributed by atoms with Gasteiger partial charge in [0.2, 0.25) is 0 Å². The normalized spacial score (nSPS) is 11.2. The molecule has 0 spiro atoms. The van der Waals surface area contributed by atoms with Gasteiger partial charge in [0.1, 0.15) is 18.2 Å². The Bertz CT molecular complexity index is 749. The van der Waals surface area contributed by atoms with Crippen molar-refractivity contribution in [2.24, 2.45) is 5.73 Å². The van der Waals surface area contributed by atoms with Gasteiger partial charge in [-0.05, 0) is 42.5 Å². The first-order valence-corrected chi connectivity index (χ1v) is 7.38. The Hall–Kier alpha value is -2.44. The summed E-state index contributed by atoms with van der Waals surface area (Å²) in [5.41, 5.74) is 6.38. The first-order valence-electron chi connectivity index (χ1n) is 7.01. The predicted octanol–water partition coefficient (Wildman–Crippen LogP) is 3.92. The molecule has 7 heteroatoms. The molecule has 0 aliphatic carbocycles. The third-order valence-corrected chi connectivity index (χ3v) is 3.42. The number of hydrogen-bond donors (Lipinski definition) is 2. The molecule has 4 nitrogen and oxygen atoms in total. The van der Waals surface area contributed by atoms with Crippen LogP contribution in [0.15, 0.2) is 54.4 Å². The molecule has 0 atom stereocenters. The van der Waals surface area contributed by atoms with Gasteiger partial charge in [0, 0.05) is 23.4 Å². The Morgan fingerprint density at radius 3 is 2.54 bits per heavy atom. The van der Waals surface area contributed by atoms with E-state index in [1.807, 2.05) is 0 Å². The summed E-state index contributed by atoms with van der Waals surface area (Å²) in [7, 11) is 0. The number of hydrogen-bond acceptors (Lipinski definition) is 3. The third-order valence-electron chi connectivity index (χ3n) is 3.13. The van der Waals surface area contributed by atoms with E-state index in [9.17, 15) is 13.6 Å². The van der Waals surface area contributed by atoms with E-state index >= 15 is 0 Å². The number of carbonyl (C=O) groups is 1. The average molecular weight is 353 g/mol. The lowest BCUT2D eigenvalue weighted by Crippen LogP contribution is -2.13. The fourth-order valence-corrected chi connectivity index (χ4v) is 2.04. The van der Waals surface area contributed by atoms with Crippen molar-refractivity contribution in [1.29, 1.82) is 0 Å². The summed E-state index contributed by atoms with van der Waals surface area (Å²) >= 11 is 6.07. The summed E-state index contributed by atoms with van der Waals surface area (Å²) in [6.07, 6.45) is 0.387. The number of carbonyl (C=O) groups excluding carboxylic acids is 1. The first-order chi connectivity index (χ1) is 11.5.